The monoisotopic (exact) mass is 136 g/mol. The Kier molecular flexibility index (Phi) is 0.830. The Morgan fingerprint density at radius 2 is 2.30 bits per heavy atom. The molecule has 0 spiro atoms. The quantitative estimate of drug-likeness (QED) is 0.497. The molecule has 0 aliphatic rings. The maximum Gasteiger partial charge on any atom is 0.243 e. The van der Waals surface area contributed by atoms with Gasteiger partial charge in [0.1, 0.15) is 0 Å². The van der Waals surface area contributed by atoms with Crippen molar-refractivity contribution < 1.29 is 5.11 Å². The van der Waals surface area contributed by atoms with Gasteiger partial charge >= 0.3 is 0 Å². The van der Waals surface area contributed by atoms with Crippen LogP contribution >= 0.6 is 0 Å². The van der Waals surface area contributed by atoms with Gasteiger partial charge in [0.15, 0.2) is 5.52 Å². The molecular formula is C4H2N5O. The Labute approximate surface area is 54.9 Å². The van der Waals surface area contributed by atoms with Gasteiger partial charge < -0.3 is 5.11 Å². The summed E-state index contributed by atoms with van der Waals surface area (Å²) in [5.41, 5.74) is 0.645. The number of H-pyrrole nitrogens is 1. The third-order valence-corrected chi connectivity index (χ3v) is 1.07. The van der Waals surface area contributed by atoms with E-state index in [1.807, 2.05) is 0 Å². The zero-order chi connectivity index (χ0) is 6.97. The maximum atomic E-state index is 8.97. The van der Waals surface area contributed by atoms with Crippen molar-refractivity contribution in [2.24, 2.45) is 0 Å². The molecule has 6 nitrogen and oxygen atoms in total. The van der Waals surface area contributed by atoms with Crippen molar-refractivity contribution in [3.63, 3.8) is 0 Å². The molecule has 0 bridgehead atoms. The normalized spacial score (nSPS) is 10.4. The van der Waals surface area contributed by atoms with Crippen LogP contribution in [0.25, 0.3) is 11.2 Å². The van der Waals surface area contributed by atoms with Crippen molar-refractivity contribution in [2.45, 2.75) is 0 Å². The standard InChI is InChI=1S/C4H2N5O/c10-4-2-3(5-1-6-4)8-9-7-2/h(H2,5,6,7,8,9,10). The summed E-state index contributed by atoms with van der Waals surface area (Å²) < 4.78 is 0. The minimum Gasteiger partial charge on any atom is -0.492 e. The largest absolute Gasteiger partial charge is 0.492 e. The van der Waals surface area contributed by atoms with Crippen LogP contribution in [0.2, 0.25) is 0 Å². The van der Waals surface area contributed by atoms with E-state index in [1.54, 1.807) is 0 Å². The first kappa shape index (κ1) is 5.10. The molecule has 0 unspecified atom stereocenters. The first-order valence-electron chi connectivity index (χ1n) is 2.52. The second-order valence-electron chi connectivity index (χ2n) is 1.66. The number of aromatic amines is 1. The molecule has 0 amide bonds. The highest BCUT2D eigenvalue weighted by Gasteiger charge is 2.03. The molecular weight excluding hydrogens is 134 g/mol. The average Bonchev–Trinajstić information content (AvgIpc) is 2.36. The summed E-state index contributed by atoms with van der Waals surface area (Å²) in [6.45, 7) is 0. The van der Waals surface area contributed by atoms with Gasteiger partial charge in [0, 0.05) is 0 Å². The van der Waals surface area contributed by atoms with E-state index in [1.165, 1.54) is 0 Å². The van der Waals surface area contributed by atoms with Crippen molar-refractivity contribution in [1.82, 2.24) is 25.4 Å². The lowest BCUT2D eigenvalue weighted by atomic mass is 10.5. The molecule has 0 aromatic carbocycles. The van der Waals surface area contributed by atoms with Crippen LogP contribution in [0.4, 0.5) is 0 Å². The number of rotatable bonds is 0. The molecule has 1 radical (unpaired) electrons. The first-order chi connectivity index (χ1) is 4.88. The van der Waals surface area contributed by atoms with Crippen LogP contribution in [0.3, 0.4) is 0 Å². The van der Waals surface area contributed by atoms with Crippen LogP contribution in [-0.4, -0.2) is 30.5 Å². The fourth-order valence-electron chi connectivity index (χ4n) is 0.626. The molecule has 0 saturated heterocycles. The van der Waals surface area contributed by atoms with Gasteiger partial charge in [-0.2, -0.15) is 4.98 Å². The van der Waals surface area contributed by atoms with Crippen molar-refractivity contribution >= 4 is 11.2 Å². The molecule has 0 aliphatic carbocycles. The molecule has 2 heterocycles. The van der Waals surface area contributed by atoms with Crippen LogP contribution in [0, 0.1) is 6.33 Å². The number of aromatic nitrogens is 5. The summed E-state index contributed by atoms with van der Waals surface area (Å²) in [6, 6.07) is 0. The molecule has 2 rings (SSSR count). The summed E-state index contributed by atoms with van der Waals surface area (Å²) in [5.74, 6) is -0.185. The summed E-state index contributed by atoms with van der Waals surface area (Å²) in [4.78, 5) is 6.99. The van der Waals surface area contributed by atoms with Gasteiger partial charge in [0.2, 0.25) is 17.9 Å². The van der Waals surface area contributed by atoms with E-state index in [0.717, 1.165) is 0 Å². The fourth-order valence-corrected chi connectivity index (χ4v) is 0.626. The van der Waals surface area contributed by atoms with Crippen LogP contribution in [-0.2, 0) is 0 Å². The van der Waals surface area contributed by atoms with Gasteiger partial charge in [-0.05, 0) is 0 Å². The summed E-state index contributed by atoms with van der Waals surface area (Å²) in [7, 11) is 0. The fraction of sp³-hybridized carbons (Fsp3) is 0. The van der Waals surface area contributed by atoms with Gasteiger partial charge in [-0.25, -0.2) is 4.98 Å². The van der Waals surface area contributed by atoms with Crippen LogP contribution < -0.4 is 0 Å². The Morgan fingerprint density at radius 1 is 1.40 bits per heavy atom. The highest BCUT2D eigenvalue weighted by Crippen LogP contribution is 2.12. The van der Waals surface area contributed by atoms with Crippen LogP contribution in [0.15, 0.2) is 0 Å². The molecule has 6 heteroatoms. The lowest BCUT2D eigenvalue weighted by Gasteiger charge is -1.85. The highest BCUT2D eigenvalue weighted by atomic mass is 16.3. The van der Waals surface area contributed by atoms with Crippen LogP contribution in [0.1, 0.15) is 0 Å². The number of hydrogen-bond donors (Lipinski definition) is 2. The van der Waals surface area contributed by atoms with Gasteiger partial charge in [0.05, 0.1) is 0 Å². The number of aromatic hydroxyl groups is 1. The second-order valence-corrected chi connectivity index (χ2v) is 1.66. The number of hydrogen-bond acceptors (Lipinski definition) is 5. The van der Waals surface area contributed by atoms with Gasteiger partial charge in [-0.1, -0.05) is 5.21 Å². The second kappa shape index (κ2) is 1.63. The zero-order valence-corrected chi connectivity index (χ0v) is 4.74. The van der Waals surface area contributed by atoms with E-state index in [2.05, 4.69) is 31.7 Å². The molecule has 2 aromatic heterocycles. The molecule has 49 valence electrons. The van der Waals surface area contributed by atoms with E-state index in [4.69, 9.17) is 5.11 Å². The topological polar surface area (TPSA) is 87.6 Å². The molecule has 2 aromatic rings. The SMILES string of the molecule is Oc1n[c]nc2nn[nH]c12. The Balaban J connectivity index is 2.95. The van der Waals surface area contributed by atoms with E-state index >= 15 is 0 Å². The third kappa shape index (κ3) is 0.524. The maximum absolute atomic E-state index is 8.97. The number of fused-ring (bicyclic) bond motifs is 1. The van der Waals surface area contributed by atoms with Crippen molar-refractivity contribution in [1.29, 1.82) is 0 Å². The summed E-state index contributed by atoms with van der Waals surface area (Å²) in [5, 5.41) is 18.3. The molecule has 0 fully saturated rings. The van der Waals surface area contributed by atoms with Gasteiger partial charge in [-0.15, -0.1) is 5.10 Å². The van der Waals surface area contributed by atoms with E-state index < -0.39 is 0 Å². The predicted molar refractivity (Wildman–Crippen MR) is 30.0 cm³/mol. The molecule has 2 N–H and O–H groups in total. The van der Waals surface area contributed by atoms with Crippen molar-refractivity contribution in [2.75, 3.05) is 0 Å². The minimum absolute atomic E-state index is 0.185. The Morgan fingerprint density at radius 3 is 3.10 bits per heavy atom. The summed E-state index contributed by atoms with van der Waals surface area (Å²) in [6.07, 6.45) is 2.22. The average molecular weight is 136 g/mol. The smallest absolute Gasteiger partial charge is 0.243 e. The molecule has 0 saturated carbocycles. The first-order valence-corrected chi connectivity index (χ1v) is 2.52. The Bertz CT molecular complexity index is 355. The molecule has 0 aliphatic heterocycles. The van der Waals surface area contributed by atoms with Crippen molar-refractivity contribution in [3.8, 4) is 5.88 Å². The predicted octanol–water partition coefficient (Wildman–Crippen LogP) is -0.746. The van der Waals surface area contributed by atoms with Crippen LogP contribution in [0.5, 0.6) is 5.88 Å². The molecule has 0 atom stereocenters. The minimum atomic E-state index is -0.185. The van der Waals surface area contributed by atoms with E-state index in [-0.39, 0.29) is 5.88 Å². The Hall–Kier alpha value is -1.72. The van der Waals surface area contributed by atoms with Gasteiger partial charge in [-0.3, -0.25) is 5.10 Å². The molecule has 10 heavy (non-hydrogen) atoms. The lowest BCUT2D eigenvalue weighted by molar-refractivity contribution is 0.457. The number of nitrogens with zero attached hydrogens (tertiary/aromatic N) is 4. The van der Waals surface area contributed by atoms with Crippen molar-refractivity contribution in [3.05, 3.63) is 6.33 Å². The highest BCUT2D eigenvalue weighted by molar-refractivity contribution is 5.73. The van der Waals surface area contributed by atoms with Gasteiger partial charge in [0.25, 0.3) is 0 Å². The zero-order valence-electron chi connectivity index (χ0n) is 4.74. The summed E-state index contributed by atoms with van der Waals surface area (Å²) >= 11 is 0. The van der Waals surface area contributed by atoms with E-state index in [0.29, 0.717) is 11.2 Å². The lowest BCUT2D eigenvalue weighted by Crippen LogP contribution is -1.80. The number of nitrogens with one attached hydrogen (secondary N) is 1. The van der Waals surface area contributed by atoms with E-state index in [9.17, 15) is 0 Å². The third-order valence-electron chi connectivity index (χ3n) is 1.07.